The van der Waals surface area contributed by atoms with E-state index in [0.717, 1.165) is 77.0 Å². The Bertz CT molecular complexity index is 993. The van der Waals surface area contributed by atoms with E-state index in [1.807, 2.05) is 0 Å². The molecular weight excluding hydrogens is 743 g/mol. The molecule has 3 unspecified atom stereocenters. The number of unbranched alkanes of at least 4 members (excludes halogenated alkanes) is 29. The summed E-state index contributed by atoms with van der Waals surface area (Å²) in [6, 6.07) is -0.703. The molecule has 0 aliphatic carbocycles. The predicted octanol–water partition coefficient (Wildman–Crippen LogP) is 15.7. The number of esters is 1. The van der Waals surface area contributed by atoms with Gasteiger partial charge in [0.2, 0.25) is 5.91 Å². The molecule has 0 aliphatic rings. The average molecular weight is 844 g/mol. The van der Waals surface area contributed by atoms with Gasteiger partial charge in [0, 0.05) is 6.42 Å². The van der Waals surface area contributed by atoms with Gasteiger partial charge in [0.25, 0.3) is 0 Å². The highest BCUT2D eigenvalue weighted by molar-refractivity contribution is 5.77. The molecule has 0 saturated heterocycles. The van der Waals surface area contributed by atoms with Crippen molar-refractivity contribution >= 4 is 11.9 Å². The maximum Gasteiger partial charge on any atom is 0.306 e. The van der Waals surface area contributed by atoms with Crippen LogP contribution < -0.4 is 5.32 Å². The molecule has 0 spiro atoms. The average Bonchev–Trinajstić information content (AvgIpc) is 3.24. The molecule has 0 rings (SSSR count). The Labute approximate surface area is 373 Å². The standard InChI is InChI=1S/C54H101NO5/c1-4-7-10-13-16-19-22-25-28-31-34-37-40-43-46-52(57)51(49-56)55-53(58)48-50(45-42-39-36-33-30-27-24-21-18-15-12-9-6-3)60-54(59)47-44-41-38-35-32-29-26-23-20-17-14-11-8-5-2/h8,11,17,20-21,24,50-52,56-57H,4-7,9-10,12-16,18-19,22-23,25-49H2,1-3H3,(H,55,58)/b11-8+,20-17+,24-21-. The highest BCUT2D eigenvalue weighted by Gasteiger charge is 2.24. The van der Waals surface area contributed by atoms with Crippen molar-refractivity contribution in [3.8, 4) is 0 Å². The third-order valence-electron chi connectivity index (χ3n) is 12.0. The number of ether oxygens (including phenoxy) is 1. The number of aliphatic hydroxyl groups is 2. The quantitative estimate of drug-likeness (QED) is 0.0322. The van der Waals surface area contributed by atoms with Crippen LogP contribution in [0.3, 0.4) is 0 Å². The van der Waals surface area contributed by atoms with Crippen molar-refractivity contribution < 1.29 is 24.5 Å². The lowest BCUT2D eigenvalue weighted by molar-refractivity contribution is -0.151. The lowest BCUT2D eigenvalue weighted by atomic mass is 10.0. The molecule has 0 fully saturated rings. The number of nitrogens with one attached hydrogen (secondary N) is 1. The van der Waals surface area contributed by atoms with E-state index in [1.54, 1.807) is 0 Å². The molecule has 0 heterocycles. The summed E-state index contributed by atoms with van der Waals surface area (Å²) in [5.41, 5.74) is 0. The number of amides is 1. The Morgan fingerprint density at radius 3 is 1.38 bits per heavy atom. The minimum atomic E-state index is -0.789. The van der Waals surface area contributed by atoms with Gasteiger partial charge in [-0.15, -0.1) is 0 Å². The zero-order valence-electron chi connectivity index (χ0n) is 40.1. The van der Waals surface area contributed by atoms with Gasteiger partial charge < -0.3 is 20.3 Å². The fourth-order valence-electron chi connectivity index (χ4n) is 7.99. The summed E-state index contributed by atoms with van der Waals surface area (Å²) in [6.45, 7) is 6.38. The van der Waals surface area contributed by atoms with Gasteiger partial charge in [-0.3, -0.25) is 9.59 Å². The summed E-state index contributed by atoms with van der Waals surface area (Å²) in [7, 11) is 0. The van der Waals surface area contributed by atoms with E-state index in [4.69, 9.17) is 4.74 Å². The first kappa shape index (κ1) is 58.1. The third kappa shape index (κ3) is 42.8. The maximum absolute atomic E-state index is 13.2. The lowest BCUT2D eigenvalue weighted by Gasteiger charge is -2.24. The SMILES string of the molecule is CC/C=C/C/C=C/CCCCCCCCCC(=O)OC(CCCCCCC/C=C\CCCCCC)CC(=O)NC(CO)C(O)CCCCCCCCCCCCCCCC. The smallest absolute Gasteiger partial charge is 0.306 e. The molecule has 0 saturated carbocycles. The molecule has 6 nitrogen and oxygen atoms in total. The summed E-state index contributed by atoms with van der Waals surface area (Å²) in [4.78, 5) is 26.1. The normalized spacial score (nSPS) is 13.5. The van der Waals surface area contributed by atoms with Crippen molar-refractivity contribution in [2.45, 2.75) is 289 Å². The second kappa shape index (κ2) is 48.1. The molecule has 0 bridgehead atoms. The monoisotopic (exact) mass is 844 g/mol. The summed E-state index contributed by atoms with van der Waals surface area (Å²) in [6.07, 6.45) is 56.3. The molecule has 1 amide bonds. The number of rotatable bonds is 47. The van der Waals surface area contributed by atoms with Crippen molar-refractivity contribution in [1.82, 2.24) is 5.32 Å². The Balaban J connectivity index is 4.56. The van der Waals surface area contributed by atoms with E-state index in [0.29, 0.717) is 19.3 Å². The van der Waals surface area contributed by atoms with Gasteiger partial charge in [-0.1, -0.05) is 218 Å². The number of carbonyl (C=O) groups is 2. The van der Waals surface area contributed by atoms with Crippen LogP contribution in [0.2, 0.25) is 0 Å². The van der Waals surface area contributed by atoms with Crippen LogP contribution in [0.1, 0.15) is 271 Å². The van der Waals surface area contributed by atoms with Crippen molar-refractivity contribution in [1.29, 1.82) is 0 Å². The van der Waals surface area contributed by atoms with Gasteiger partial charge in [0.1, 0.15) is 6.10 Å². The van der Waals surface area contributed by atoms with E-state index in [9.17, 15) is 19.8 Å². The van der Waals surface area contributed by atoms with Crippen LogP contribution in [0.15, 0.2) is 36.5 Å². The van der Waals surface area contributed by atoms with Crippen LogP contribution in [0.4, 0.5) is 0 Å². The van der Waals surface area contributed by atoms with Crippen LogP contribution in [0.5, 0.6) is 0 Å². The van der Waals surface area contributed by atoms with E-state index in [2.05, 4.69) is 62.5 Å². The van der Waals surface area contributed by atoms with Gasteiger partial charge in [-0.05, 0) is 77.0 Å². The number of hydrogen-bond donors (Lipinski definition) is 3. The molecule has 3 atom stereocenters. The van der Waals surface area contributed by atoms with Gasteiger partial charge >= 0.3 is 5.97 Å². The molecular formula is C54H101NO5. The topological polar surface area (TPSA) is 95.9 Å². The van der Waals surface area contributed by atoms with Crippen LogP contribution >= 0.6 is 0 Å². The lowest BCUT2D eigenvalue weighted by Crippen LogP contribution is -2.46. The van der Waals surface area contributed by atoms with Gasteiger partial charge in [0.05, 0.1) is 25.2 Å². The summed E-state index contributed by atoms with van der Waals surface area (Å²) >= 11 is 0. The molecule has 0 aromatic carbocycles. The number of aliphatic hydroxyl groups excluding tert-OH is 2. The minimum Gasteiger partial charge on any atom is -0.462 e. The van der Waals surface area contributed by atoms with Crippen LogP contribution in [0.25, 0.3) is 0 Å². The van der Waals surface area contributed by atoms with E-state index in [1.165, 1.54) is 148 Å². The summed E-state index contributed by atoms with van der Waals surface area (Å²) in [5, 5.41) is 23.8. The predicted molar refractivity (Wildman–Crippen MR) is 259 cm³/mol. The van der Waals surface area contributed by atoms with Crippen molar-refractivity contribution in [3.05, 3.63) is 36.5 Å². The van der Waals surface area contributed by atoms with Crippen molar-refractivity contribution in [2.24, 2.45) is 0 Å². The Kier molecular flexibility index (Phi) is 46.6. The molecule has 0 radical (unpaired) electrons. The Hall–Kier alpha value is -1.92. The molecule has 0 aromatic heterocycles. The fourth-order valence-corrected chi connectivity index (χ4v) is 7.99. The second-order valence-electron chi connectivity index (χ2n) is 17.9. The van der Waals surface area contributed by atoms with Crippen LogP contribution in [0, 0.1) is 0 Å². The van der Waals surface area contributed by atoms with Crippen LogP contribution in [-0.4, -0.2) is 46.9 Å². The third-order valence-corrected chi connectivity index (χ3v) is 12.0. The Morgan fingerprint density at radius 2 is 0.900 bits per heavy atom. The molecule has 60 heavy (non-hydrogen) atoms. The van der Waals surface area contributed by atoms with E-state index in [-0.39, 0.29) is 24.9 Å². The highest BCUT2D eigenvalue weighted by Crippen LogP contribution is 2.18. The fraction of sp³-hybridized carbons (Fsp3) is 0.852. The first-order valence-electron chi connectivity index (χ1n) is 26.2. The zero-order valence-corrected chi connectivity index (χ0v) is 40.1. The number of allylic oxidation sites excluding steroid dienone is 6. The van der Waals surface area contributed by atoms with Crippen LogP contribution in [-0.2, 0) is 14.3 Å². The van der Waals surface area contributed by atoms with E-state index < -0.39 is 18.2 Å². The first-order valence-corrected chi connectivity index (χ1v) is 26.2. The second-order valence-corrected chi connectivity index (χ2v) is 17.9. The van der Waals surface area contributed by atoms with Gasteiger partial charge in [-0.2, -0.15) is 0 Å². The molecule has 0 aromatic rings. The summed E-state index contributed by atoms with van der Waals surface area (Å²) in [5.74, 6) is -0.483. The van der Waals surface area contributed by atoms with Crippen molar-refractivity contribution in [2.75, 3.05) is 6.61 Å². The molecule has 6 heteroatoms. The zero-order chi connectivity index (χ0) is 43.8. The molecule has 0 aliphatic heterocycles. The largest absolute Gasteiger partial charge is 0.462 e. The van der Waals surface area contributed by atoms with Gasteiger partial charge in [0.15, 0.2) is 0 Å². The minimum absolute atomic E-state index is 0.0709. The molecule has 352 valence electrons. The van der Waals surface area contributed by atoms with E-state index >= 15 is 0 Å². The number of carbonyl (C=O) groups excluding carboxylic acids is 2. The first-order chi connectivity index (χ1) is 29.5. The highest BCUT2D eigenvalue weighted by atomic mass is 16.5. The molecule has 3 N–H and O–H groups in total. The van der Waals surface area contributed by atoms with Gasteiger partial charge in [-0.25, -0.2) is 0 Å². The number of hydrogen-bond acceptors (Lipinski definition) is 5. The van der Waals surface area contributed by atoms with Crippen molar-refractivity contribution in [3.63, 3.8) is 0 Å². The summed E-state index contributed by atoms with van der Waals surface area (Å²) < 4.78 is 5.93. The maximum atomic E-state index is 13.2. The Morgan fingerprint density at radius 1 is 0.500 bits per heavy atom.